The number of ether oxygens (including phenoxy) is 2. The molecule has 2 aliphatic rings. The summed E-state index contributed by atoms with van der Waals surface area (Å²) in [7, 11) is 0. The molecule has 5 rings (SSSR count). The van der Waals surface area contributed by atoms with Crippen LogP contribution in [0.4, 0.5) is 0 Å². The molecule has 5 heterocycles. The van der Waals surface area contributed by atoms with Crippen LogP contribution in [0.3, 0.4) is 0 Å². The first-order valence-electron chi connectivity index (χ1n) is 8.84. The third kappa shape index (κ3) is 3.31. The van der Waals surface area contributed by atoms with Gasteiger partial charge in [-0.2, -0.15) is 0 Å². The van der Waals surface area contributed by atoms with Crippen molar-refractivity contribution in [3.63, 3.8) is 0 Å². The van der Waals surface area contributed by atoms with Crippen molar-refractivity contribution in [2.75, 3.05) is 0 Å². The van der Waals surface area contributed by atoms with E-state index < -0.39 is 11.9 Å². The zero-order valence-electron chi connectivity index (χ0n) is 15.5. The maximum Gasteiger partial charge on any atom is 0.344 e. The zero-order chi connectivity index (χ0) is 20.1. The summed E-state index contributed by atoms with van der Waals surface area (Å²) in [6.45, 7) is 4.06. The van der Waals surface area contributed by atoms with Gasteiger partial charge in [0, 0.05) is 19.5 Å². The van der Waals surface area contributed by atoms with Gasteiger partial charge < -0.3 is 9.47 Å². The maximum absolute atomic E-state index is 12.5. The van der Waals surface area contributed by atoms with Crippen LogP contribution in [0, 0.1) is 13.8 Å². The van der Waals surface area contributed by atoms with Gasteiger partial charge in [0.1, 0.15) is 11.5 Å². The number of cyclic esters (lactones) is 2. The Morgan fingerprint density at radius 2 is 1.00 bits per heavy atom. The molecule has 0 radical (unpaired) electrons. The summed E-state index contributed by atoms with van der Waals surface area (Å²) in [6, 6.07) is 12.0. The van der Waals surface area contributed by atoms with Gasteiger partial charge in [-0.05, 0) is 62.4 Å². The first-order chi connectivity index (χ1) is 14.0. The van der Waals surface area contributed by atoms with Crippen LogP contribution in [0.25, 0.3) is 21.3 Å². The molecular weight excluding hydrogens is 424 g/mol. The lowest BCUT2D eigenvalue weighted by atomic mass is 10.1. The lowest BCUT2D eigenvalue weighted by molar-refractivity contribution is -0.133. The standard InChI is InChI=1S/C22H14O4S3/c1-11-3-5-17(27-11)15-9-13(21(23)25-15)14-10-16(26-22(14)24)18-7-8-20(29-18)19-6-4-12(2)28-19/h3-10H,1-2H3/b14-13+. The summed E-state index contributed by atoms with van der Waals surface area (Å²) in [5.41, 5.74) is 0.465. The zero-order valence-corrected chi connectivity index (χ0v) is 17.9. The van der Waals surface area contributed by atoms with Crippen molar-refractivity contribution >= 4 is 57.5 Å². The number of aryl methyl sites for hydroxylation is 2. The average Bonchev–Trinajstić information content (AvgIpc) is 3.46. The Kier molecular flexibility index (Phi) is 4.38. The van der Waals surface area contributed by atoms with Crippen LogP contribution in [-0.2, 0) is 19.1 Å². The summed E-state index contributed by atoms with van der Waals surface area (Å²) in [4.78, 5) is 31.2. The molecule has 3 aromatic rings. The Labute approximate surface area is 179 Å². The van der Waals surface area contributed by atoms with Crippen LogP contribution in [0.5, 0.6) is 0 Å². The van der Waals surface area contributed by atoms with Crippen molar-refractivity contribution in [1.29, 1.82) is 0 Å². The van der Waals surface area contributed by atoms with Crippen molar-refractivity contribution in [2.24, 2.45) is 0 Å². The van der Waals surface area contributed by atoms with Crippen LogP contribution in [0.15, 0.2) is 59.7 Å². The maximum atomic E-state index is 12.5. The minimum Gasteiger partial charge on any atom is -0.421 e. The fourth-order valence-electron chi connectivity index (χ4n) is 3.10. The second-order valence-electron chi connectivity index (χ2n) is 6.61. The Morgan fingerprint density at radius 3 is 1.52 bits per heavy atom. The van der Waals surface area contributed by atoms with Gasteiger partial charge in [0.2, 0.25) is 0 Å². The number of carbonyl (C=O) groups excluding carboxylic acids is 2. The number of hydrogen-bond donors (Lipinski definition) is 0. The van der Waals surface area contributed by atoms with Gasteiger partial charge in [0.05, 0.1) is 20.9 Å². The van der Waals surface area contributed by atoms with E-state index in [1.54, 1.807) is 34.8 Å². The van der Waals surface area contributed by atoms with Crippen molar-refractivity contribution in [3.05, 3.63) is 79.2 Å². The van der Waals surface area contributed by atoms with Crippen molar-refractivity contribution in [1.82, 2.24) is 0 Å². The molecule has 0 bridgehead atoms. The van der Waals surface area contributed by atoms with E-state index in [1.165, 1.54) is 21.1 Å². The number of esters is 2. The highest BCUT2D eigenvalue weighted by molar-refractivity contribution is 7.22. The molecule has 0 aliphatic carbocycles. The number of thiophene rings is 3. The lowest BCUT2D eigenvalue weighted by Crippen LogP contribution is -2.05. The smallest absolute Gasteiger partial charge is 0.344 e. The predicted octanol–water partition coefficient (Wildman–Crippen LogP) is 5.95. The Morgan fingerprint density at radius 1 is 0.586 bits per heavy atom. The highest BCUT2D eigenvalue weighted by Crippen LogP contribution is 2.40. The molecule has 0 spiro atoms. The fraction of sp³-hybridized carbons (Fsp3) is 0.0909. The van der Waals surface area contributed by atoms with Gasteiger partial charge in [0.25, 0.3) is 0 Å². The minimum atomic E-state index is -0.534. The highest BCUT2D eigenvalue weighted by atomic mass is 32.1. The van der Waals surface area contributed by atoms with E-state index in [0.717, 1.165) is 19.5 Å². The predicted molar refractivity (Wildman–Crippen MR) is 117 cm³/mol. The second-order valence-corrected chi connectivity index (χ2v) is 10.3. The molecule has 144 valence electrons. The molecule has 3 aromatic heterocycles. The number of carbonyl (C=O) groups is 2. The molecule has 0 aromatic carbocycles. The molecule has 7 heteroatoms. The normalized spacial score (nSPS) is 18.7. The average molecular weight is 439 g/mol. The molecule has 0 amide bonds. The fourth-order valence-corrected chi connectivity index (χ4v) is 5.84. The summed E-state index contributed by atoms with van der Waals surface area (Å²) >= 11 is 4.82. The van der Waals surface area contributed by atoms with Crippen LogP contribution < -0.4 is 0 Å². The summed E-state index contributed by atoms with van der Waals surface area (Å²) in [6.07, 6.45) is 3.26. The van der Waals surface area contributed by atoms with Crippen molar-refractivity contribution in [3.8, 4) is 9.75 Å². The SMILES string of the molecule is Cc1ccc(C2=C/C(=C3/C=C(c4ccc(-c5ccc(C)s5)s4)OC3=O)C(=O)O2)s1. The van der Waals surface area contributed by atoms with Gasteiger partial charge in [0.15, 0.2) is 0 Å². The van der Waals surface area contributed by atoms with Gasteiger partial charge >= 0.3 is 11.9 Å². The van der Waals surface area contributed by atoms with Crippen LogP contribution >= 0.6 is 34.0 Å². The Bertz CT molecular complexity index is 1260. The lowest BCUT2D eigenvalue weighted by Gasteiger charge is -1.97. The second kappa shape index (κ2) is 6.95. The first-order valence-corrected chi connectivity index (χ1v) is 11.3. The van der Waals surface area contributed by atoms with E-state index in [1.807, 2.05) is 31.2 Å². The third-order valence-electron chi connectivity index (χ3n) is 4.50. The molecule has 0 N–H and O–H groups in total. The van der Waals surface area contributed by atoms with E-state index >= 15 is 0 Å². The van der Waals surface area contributed by atoms with Crippen LogP contribution in [0.2, 0.25) is 0 Å². The Balaban J connectivity index is 1.49. The molecular formula is C22H14O4S3. The minimum absolute atomic E-state index is 0.232. The summed E-state index contributed by atoms with van der Waals surface area (Å²) in [5, 5.41) is 0. The highest BCUT2D eigenvalue weighted by Gasteiger charge is 2.33. The van der Waals surface area contributed by atoms with Crippen LogP contribution in [0.1, 0.15) is 19.5 Å². The molecule has 0 unspecified atom stereocenters. The summed E-state index contributed by atoms with van der Waals surface area (Å²) < 4.78 is 10.8. The van der Waals surface area contributed by atoms with Crippen molar-refractivity contribution < 1.29 is 19.1 Å². The number of rotatable bonds is 3. The van der Waals surface area contributed by atoms with Crippen LogP contribution in [-0.4, -0.2) is 11.9 Å². The van der Waals surface area contributed by atoms with E-state index in [0.29, 0.717) is 11.5 Å². The van der Waals surface area contributed by atoms with Gasteiger partial charge in [-0.25, -0.2) is 9.59 Å². The molecule has 0 saturated heterocycles. The molecule has 29 heavy (non-hydrogen) atoms. The molecule has 0 atom stereocenters. The van der Waals surface area contributed by atoms with Gasteiger partial charge in [-0.3, -0.25) is 0 Å². The third-order valence-corrected chi connectivity index (χ3v) is 7.81. The molecule has 0 saturated carbocycles. The largest absolute Gasteiger partial charge is 0.421 e. The van der Waals surface area contributed by atoms with E-state index in [9.17, 15) is 9.59 Å². The summed E-state index contributed by atoms with van der Waals surface area (Å²) in [5.74, 6) is -0.134. The topological polar surface area (TPSA) is 52.6 Å². The quantitative estimate of drug-likeness (QED) is 0.375. The molecule has 4 nitrogen and oxygen atoms in total. The van der Waals surface area contributed by atoms with Crippen molar-refractivity contribution in [2.45, 2.75) is 13.8 Å². The molecule has 2 aliphatic heterocycles. The van der Waals surface area contributed by atoms with Gasteiger partial charge in [-0.15, -0.1) is 34.0 Å². The van der Waals surface area contributed by atoms with E-state index in [4.69, 9.17) is 9.47 Å². The molecule has 0 fully saturated rings. The number of hydrogen-bond acceptors (Lipinski definition) is 7. The monoisotopic (exact) mass is 438 g/mol. The van der Waals surface area contributed by atoms with E-state index in [-0.39, 0.29) is 11.1 Å². The Hall–Kier alpha value is -2.74. The first kappa shape index (κ1) is 18.3. The van der Waals surface area contributed by atoms with E-state index in [2.05, 4.69) is 19.1 Å². The van der Waals surface area contributed by atoms with Gasteiger partial charge in [-0.1, -0.05) is 0 Å².